The number of H-pyrrole nitrogens is 1. The van der Waals surface area contributed by atoms with Gasteiger partial charge in [-0.2, -0.15) is 5.10 Å². The molecule has 0 spiro atoms. The number of hydroxylamine groups is 1. The average Bonchev–Trinajstić information content (AvgIpc) is 3.53. The molecule has 2 heterocycles. The molecule has 0 aliphatic heterocycles. The van der Waals surface area contributed by atoms with E-state index in [4.69, 9.17) is 15.4 Å². The molecule has 0 bridgehead atoms. The number of aromatic nitrogens is 3. The second-order valence-corrected chi connectivity index (χ2v) is 14.7. The van der Waals surface area contributed by atoms with Crippen LogP contribution in [0.5, 0.6) is 0 Å². The first-order valence-electron chi connectivity index (χ1n) is 12.4. The van der Waals surface area contributed by atoms with Gasteiger partial charge in [-0.15, -0.1) is 0 Å². The summed E-state index contributed by atoms with van der Waals surface area (Å²) in [4.78, 5) is 15.2. The number of pyridine rings is 1. The summed E-state index contributed by atoms with van der Waals surface area (Å²) in [6.07, 6.45) is 10.9. The smallest absolute Gasteiger partial charge is 0.0565 e. The minimum absolute atomic E-state index is 0.0487. The fourth-order valence-corrected chi connectivity index (χ4v) is 7.19. The van der Waals surface area contributed by atoms with Crippen molar-refractivity contribution in [1.82, 2.24) is 20.7 Å². The number of nitrogens with one attached hydrogen (secondary N) is 2. The maximum atomic E-state index is 13.7. The second-order valence-electron chi connectivity index (χ2n) is 9.35. The molecule has 1 aliphatic carbocycles. The number of aromatic amines is 1. The van der Waals surface area contributed by atoms with E-state index in [-0.39, 0.29) is 11.4 Å². The standard InChI is InChI=1S/C21H20AsClFNO5.C8H7N3/c1-14(26)25-29-22(27,30-28)21(2)12-17(15-6-4-3-5-7-15)10-18(13-21)16-8-9-20(24)19(23)11-16;1-3-9-4-2-7(1)8-5-10-11-6-8/h3-12,28H,13H2,1-2H3,(H,25,26);1-6H,(H,10,11). The molecular formula is C29H27AsClFN4O5. The summed E-state index contributed by atoms with van der Waals surface area (Å²) in [6, 6.07) is 17.5. The van der Waals surface area contributed by atoms with E-state index in [1.165, 1.54) is 19.1 Å². The van der Waals surface area contributed by atoms with Crippen LogP contribution in [0.2, 0.25) is 9.23 Å². The Bertz CT molecular complexity index is 1600. The molecule has 2 atom stereocenters. The Kier molecular flexibility index (Phi) is 9.75. The quantitative estimate of drug-likeness (QED) is 0.119. The van der Waals surface area contributed by atoms with Crippen LogP contribution in [-0.4, -0.2) is 40.5 Å². The second kappa shape index (κ2) is 13.2. The Balaban J connectivity index is 0.000000291. The number of carbonyl (C=O) groups excluding carboxylic acids is 1. The molecule has 212 valence electrons. The zero-order valence-corrected chi connectivity index (χ0v) is 24.8. The molecule has 0 saturated carbocycles. The first-order chi connectivity index (χ1) is 19.6. The van der Waals surface area contributed by atoms with Crippen LogP contribution < -0.4 is 5.48 Å². The molecule has 3 N–H and O–H groups in total. The molecule has 2 aromatic carbocycles. The van der Waals surface area contributed by atoms with Gasteiger partial charge in [0.15, 0.2) is 0 Å². The van der Waals surface area contributed by atoms with Crippen LogP contribution in [-0.2, 0) is 16.2 Å². The summed E-state index contributed by atoms with van der Waals surface area (Å²) in [7, 11) is 0. The fraction of sp³-hybridized carbons (Fsp3) is 0.138. The molecule has 5 rings (SSSR count). The van der Waals surface area contributed by atoms with E-state index < -0.39 is 30.1 Å². The molecule has 1 aliphatic rings. The Morgan fingerprint density at radius 3 is 2.44 bits per heavy atom. The van der Waals surface area contributed by atoms with Gasteiger partial charge in [0.2, 0.25) is 0 Å². The summed E-state index contributed by atoms with van der Waals surface area (Å²) in [5.74, 6) is -1.15. The molecular weight excluding hydrogens is 614 g/mol. The van der Waals surface area contributed by atoms with Crippen molar-refractivity contribution >= 4 is 42.8 Å². The van der Waals surface area contributed by atoms with Gasteiger partial charge < -0.3 is 0 Å². The number of rotatable bonds is 7. The molecule has 12 heteroatoms. The van der Waals surface area contributed by atoms with Crippen molar-refractivity contribution in [2.45, 2.75) is 24.5 Å². The Morgan fingerprint density at radius 2 is 1.83 bits per heavy atom. The van der Waals surface area contributed by atoms with Crippen molar-refractivity contribution in [2.24, 2.45) is 0 Å². The number of hydrogen-bond acceptors (Lipinski definition) is 7. The van der Waals surface area contributed by atoms with Gasteiger partial charge in [-0.25, -0.2) is 0 Å². The maximum absolute atomic E-state index is 13.7. The van der Waals surface area contributed by atoms with Gasteiger partial charge in [-0.3, -0.25) is 10.1 Å². The van der Waals surface area contributed by atoms with Crippen molar-refractivity contribution in [3.05, 3.63) is 120 Å². The van der Waals surface area contributed by atoms with Gasteiger partial charge in [0, 0.05) is 24.2 Å². The SMILES string of the molecule is CC(=O)NO[As](=O)(OO)C1(C)C=C(c2ccccc2)C=C(c2ccc(F)c(Cl)c2)C1.c1cc(-c2cn[nH]c2)ccn1. The monoisotopic (exact) mass is 640 g/mol. The van der Waals surface area contributed by atoms with Gasteiger partial charge in [0.05, 0.1) is 6.20 Å². The number of allylic oxidation sites excluding steroid dienone is 4. The molecule has 4 aromatic rings. The number of carbonyl (C=O) groups is 1. The third-order valence-electron chi connectivity index (χ3n) is 6.30. The van der Waals surface area contributed by atoms with Crippen molar-refractivity contribution in [2.75, 3.05) is 0 Å². The topological polar surface area (TPSA) is 126 Å². The van der Waals surface area contributed by atoms with Crippen LogP contribution in [0, 0.1) is 5.82 Å². The predicted octanol–water partition coefficient (Wildman–Crippen LogP) is 6.51. The molecule has 41 heavy (non-hydrogen) atoms. The van der Waals surface area contributed by atoms with Gasteiger partial charge in [0.25, 0.3) is 0 Å². The molecule has 0 fully saturated rings. The summed E-state index contributed by atoms with van der Waals surface area (Å²) in [6.45, 7) is 2.78. The number of benzene rings is 2. The zero-order valence-electron chi connectivity index (χ0n) is 22.1. The van der Waals surface area contributed by atoms with Gasteiger partial charge >= 0.3 is 181 Å². The van der Waals surface area contributed by atoms with Crippen LogP contribution in [0.1, 0.15) is 31.4 Å². The van der Waals surface area contributed by atoms with E-state index in [0.29, 0.717) is 16.7 Å². The van der Waals surface area contributed by atoms with E-state index in [1.807, 2.05) is 60.2 Å². The van der Waals surface area contributed by atoms with Crippen LogP contribution in [0.3, 0.4) is 0 Å². The van der Waals surface area contributed by atoms with Crippen LogP contribution >= 0.6 is 11.6 Å². The minimum atomic E-state index is -5.06. The van der Waals surface area contributed by atoms with Gasteiger partial charge in [-0.1, -0.05) is 0 Å². The third kappa shape index (κ3) is 7.30. The van der Waals surface area contributed by atoms with Crippen molar-refractivity contribution in [3.8, 4) is 11.1 Å². The first-order valence-corrected chi connectivity index (χ1v) is 16.0. The minimum Gasteiger partial charge on any atom is -0.285 e. The average molecular weight is 641 g/mol. The Hall–Kier alpha value is -3.79. The molecule has 9 nitrogen and oxygen atoms in total. The molecule has 0 radical (unpaired) electrons. The molecule has 1 amide bonds. The van der Waals surface area contributed by atoms with Gasteiger partial charge in [0.1, 0.15) is 0 Å². The number of hydrogen-bond donors (Lipinski definition) is 3. The van der Waals surface area contributed by atoms with Crippen molar-refractivity contribution in [3.63, 3.8) is 0 Å². The fourth-order valence-electron chi connectivity index (χ4n) is 4.20. The molecule has 0 saturated heterocycles. The van der Waals surface area contributed by atoms with E-state index in [9.17, 15) is 18.2 Å². The number of nitrogens with zero attached hydrogens (tertiary/aromatic N) is 2. The largest absolute Gasteiger partial charge is 0.285 e. The van der Waals surface area contributed by atoms with Gasteiger partial charge in [-0.05, 0) is 17.7 Å². The Morgan fingerprint density at radius 1 is 1.10 bits per heavy atom. The third-order valence-corrected chi connectivity index (χ3v) is 11.0. The first kappa shape index (κ1) is 30.2. The van der Waals surface area contributed by atoms with Crippen molar-refractivity contribution < 1.29 is 25.9 Å². The summed E-state index contributed by atoms with van der Waals surface area (Å²) in [5.41, 5.74) is 7.06. The van der Waals surface area contributed by atoms with E-state index >= 15 is 0 Å². The van der Waals surface area contributed by atoms with E-state index in [1.54, 1.807) is 37.7 Å². The normalized spacial score (nSPS) is 17.8. The zero-order chi connectivity index (χ0) is 29.5. The molecule has 2 aromatic heterocycles. The summed E-state index contributed by atoms with van der Waals surface area (Å²) < 4.78 is 35.2. The molecule has 2 unspecified atom stereocenters. The maximum Gasteiger partial charge on any atom is 0.0565 e. The van der Waals surface area contributed by atoms with E-state index in [0.717, 1.165) is 16.7 Å². The number of halogens is 2. The van der Waals surface area contributed by atoms with Crippen LogP contribution in [0.25, 0.3) is 22.3 Å². The van der Waals surface area contributed by atoms with E-state index in [2.05, 4.69) is 19.1 Å². The predicted molar refractivity (Wildman–Crippen MR) is 154 cm³/mol. The number of amides is 1. The summed E-state index contributed by atoms with van der Waals surface area (Å²) >= 11 is 0.899. The Labute approximate surface area is 244 Å². The summed E-state index contributed by atoms with van der Waals surface area (Å²) in [5, 5.41) is 16.0. The van der Waals surface area contributed by atoms with Crippen LogP contribution in [0.15, 0.2) is 97.6 Å². The van der Waals surface area contributed by atoms with Crippen LogP contribution in [0.4, 0.5) is 4.39 Å². The van der Waals surface area contributed by atoms with Crippen molar-refractivity contribution in [1.29, 1.82) is 0 Å².